The summed E-state index contributed by atoms with van der Waals surface area (Å²) in [6, 6.07) is 5.07. The van der Waals surface area contributed by atoms with Gasteiger partial charge in [-0.25, -0.2) is 9.59 Å². The number of halogens is 2. The number of aliphatic carboxylic acids is 2. The summed E-state index contributed by atoms with van der Waals surface area (Å²) < 4.78 is 0. The fourth-order valence-electron chi connectivity index (χ4n) is 4.72. The van der Waals surface area contributed by atoms with Crippen molar-refractivity contribution in [1.82, 2.24) is 5.32 Å². The predicted octanol–water partition coefficient (Wildman–Crippen LogP) is 3.73. The van der Waals surface area contributed by atoms with E-state index in [0.29, 0.717) is 22.5 Å². The Balaban J connectivity index is 2.05. The minimum atomic E-state index is -1.25. The van der Waals surface area contributed by atoms with Crippen LogP contribution in [0.5, 0.6) is 0 Å². The van der Waals surface area contributed by atoms with Crippen LogP contribution in [-0.2, 0) is 15.0 Å². The molecule has 4 atom stereocenters. The van der Waals surface area contributed by atoms with Gasteiger partial charge in [0, 0.05) is 24.1 Å². The van der Waals surface area contributed by atoms with Crippen LogP contribution in [0.15, 0.2) is 29.8 Å². The molecule has 0 amide bonds. The van der Waals surface area contributed by atoms with E-state index in [4.69, 9.17) is 28.3 Å². The Bertz CT molecular complexity index is 779. The van der Waals surface area contributed by atoms with Crippen LogP contribution in [0.1, 0.15) is 31.7 Å². The molecule has 7 heteroatoms. The lowest BCUT2D eigenvalue weighted by molar-refractivity contribution is -0.135. The van der Waals surface area contributed by atoms with Crippen LogP contribution in [0.25, 0.3) is 0 Å². The quantitative estimate of drug-likeness (QED) is 0.658. The van der Waals surface area contributed by atoms with Crippen LogP contribution in [0.3, 0.4) is 0 Å². The van der Waals surface area contributed by atoms with Crippen LogP contribution < -0.4 is 5.32 Å². The number of carbonyl (C=O) groups is 2. The molecule has 5 nitrogen and oxygen atoms in total. The van der Waals surface area contributed by atoms with Crippen LogP contribution in [0.2, 0.25) is 10.0 Å². The highest BCUT2D eigenvalue weighted by Gasteiger charge is 2.56. The maximum Gasteiger partial charge on any atom is 0.333 e. The Labute approximate surface area is 162 Å². The zero-order valence-electron chi connectivity index (χ0n) is 14.3. The van der Waals surface area contributed by atoms with Gasteiger partial charge >= 0.3 is 11.9 Å². The van der Waals surface area contributed by atoms with Gasteiger partial charge in [-0.15, -0.1) is 0 Å². The van der Waals surface area contributed by atoms with Crippen molar-refractivity contribution in [3.8, 4) is 0 Å². The number of rotatable bonds is 5. The third kappa shape index (κ3) is 3.24. The van der Waals surface area contributed by atoms with E-state index in [1.54, 1.807) is 6.07 Å². The van der Waals surface area contributed by atoms with Gasteiger partial charge in [-0.2, -0.15) is 0 Å². The van der Waals surface area contributed by atoms with Gasteiger partial charge in [-0.3, -0.25) is 0 Å². The van der Waals surface area contributed by atoms with Crippen molar-refractivity contribution < 1.29 is 19.8 Å². The number of hydrogen-bond acceptors (Lipinski definition) is 3. The Morgan fingerprint density at radius 2 is 2.04 bits per heavy atom. The summed E-state index contributed by atoms with van der Waals surface area (Å²) in [5.74, 6) is -2.00. The largest absolute Gasteiger partial charge is 0.478 e. The lowest BCUT2D eigenvalue weighted by Gasteiger charge is -2.31. The summed E-state index contributed by atoms with van der Waals surface area (Å²) in [7, 11) is 0. The molecule has 1 heterocycles. The van der Waals surface area contributed by atoms with Gasteiger partial charge in [0.1, 0.15) is 0 Å². The third-order valence-corrected chi connectivity index (χ3v) is 6.66. The highest BCUT2D eigenvalue weighted by atomic mass is 35.5. The van der Waals surface area contributed by atoms with Gasteiger partial charge in [-0.1, -0.05) is 42.6 Å². The fourth-order valence-corrected chi connectivity index (χ4v) is 5.02. The van der Waals surface area contributed by atoms with Gasteiger partial charge in [0.15, 0.2) is 0 Å². The molecule has 1 aromatic carbocycles. The molecule has 1 saturated carbocycles. The molecule has 26 heavy (non-hydrogen) atoms. The Morgan fingerprint density at radius 3 is 2.62 bits per heavy atom. The van der Waals surface area contributed by atoms with Gasteiger partial charge in [-0.05, 0) is 42.4 Å². The predicted molar refractivity (Wildman–Crippen MR) is 99.8 cm³/mol. The van der Waals surface area contributed by atoms with E-state index in [2.05, 4.69) is 12.2 Å². The van der Waals surface area contributed by atoms with Gasteiger partial charge in [0.2, 0.25) is 0 Å². The summed E-state index contributed by atoms with van der Waals surface area (Å²) in [6.07, 6.45) is 3.57. The normalized spacial score (nSPS) is 31.0. The van der Waals surface area contributed by atoms with E-state index >= 15 is 0 Å². The average molecular weight is 398 g/mol. The van der Waals surface area contributed by atoms with E-state index in [1.165, 1.54) is 0 Å². The summed E-state index contributed by atoms with van der Waals surface area (Å²) in [5.41, 5.74) is 0.663. The standard InChI is InChI=1S/C19H21Cl2NO4/c1-2-10-5-13-17(12(18(25)26)7-16(23)24)22-9-19(13,8-10)11-3-4-14(20)15(21)6-11/h3-4,6-7,10,13,17,22H,2,5,8-9H2,1H3,(H,23,24)(H,25,26)/b12-7+/t10?,13-,17?,19+/m1/s1. The fraction of sp³-hybridized carbons (Fsp3) is 0.474. The van der Waals surface area contributed by atoms with E-state index in [-0.39, 0.29) is 16.9 Å². The highest BCUT2D eigenvalue weighted by Crippen LogP contribution is 2.55. The zero-order chi connectivity index (χ0) is 19.1. The molecular formula is C19H21Cl2NO4. The molecular weight excluding hydrogens is 377 g/mol. The summed E-state index contributed by atoms with van der Waals surface area (Å²) in [4.78, 5) is 22.8. The van der Waals surface area contributed by atoms with Crippen molar-refractivity contribution in [2.45, 2.75) is 37.6 Å². The van der Waals surface area contributed by atoms with Crippen molar-refractivity contribution in [3.05, 3.63) is 45.5 Å². The van der Waals surface area contributed by atoms with E-state index < -0.39 is 18.0 Å². The average Bonchev–Trinajstić information content (AvgIpc) is 3.11. The molecule has 0 radical (unpaired) electrons. The smallest absolute Gasteiger partial charge is 0.333 e. The molecule has 1 saturated heterocycles. The molecule has 1 aliphatic carbocycles. The van der Waals surface area contributed by atoms with Gasteiger partial charge in [0.25, 0.3) is 0 Å². The number of benzene rings is 1. The lowest BCUT2D eigenvalue weighted by atomic mass is 9.71. The third-order valence-electron chi connectivity index (χ3n) is 5.92. The second kappa shape index (κ2) is 7.22. The monoisotopic (exact) mass is 397 g/mol. The first-order chi connectivity index (χ1) is 12.3. The SMILES string of the molecule is CCC1C[C@@H]2C(/C(=C\C(=O)O)C(=O)O)NC[C@]2(c2ccc(Cl)c(Cl)c2)C1. The summed E-state index contributed by atoms with van der Waals surface area (Å²) in [5, 5.41) is 22.9. The molecule has 2 fully saturated rings. The van der Waals surface area contributed by atoms with Crippen molar-refractivity contribution in [3.63, 3.8) is 0 Å². The van der Waals surface area contributed by atoms with Crippen LogP contribution in [0.4, 0.5) is 0 Å². The summed E-state index contributed by atoms with van der Waals surface area (Å²) in [6.45, 7) is 2.71. The lowest BCUT2D eigenvalue weighted by Crippen LogP contribution is -2.35. The van der Waals surface area contributed by atoms with Crippen molar-refractivity contribution in [2.24, 2.45) is 11.8 Å². The molecule has 0 aromatic heterocycles. The number of carboxylic acid groups (broad SMARTS) is 2. The van der Waals surface area contributed by atoms with Gasteiger partial charge in [0.05, 0.1) is 15.6 Å². The number of nitrogens with one attached hydrogen (secondary N) is 1. The van der Waals surface area contributed by atoms with Crippen LogP contribution in [-0.4, -0.2) is 34.7 Å². The Kier molecular flexibility index (Phi) is 5.33. The number of fused-ring (bicyclic) bond motifs is 1. The first-order valence-electron chi connectivity index (χ1n) is 8.65. The molecule has 0 spiro atoms. The molecule has 0 bridgehead atoms. The highest BCUT2D eigenvalue weighted by molar-refractivity contribution is 6.42. The van der Waals surface area contributed by atoms with E-state index in [9.17, 15) is 14.7 Å². The van der Waals surface area contributed by atoms with Crippen LogP contribution in [0, 0.1) is 11.8 Å². The molecule has 1 aromatic rings. The number of hydrogen-bond donors (Lipinski definition) is 3. The zero-order valence-corrected chi connectivity index (χ0v) is 15.8. The second-order valence-electron chi connectivity index (χ2n) is 7.21. The molecule has 140 valence electrons. The molecule has 2 unspecified atom stereocenters. The van der Waals surface area contributed by atoms with Crippen LogP contribution >= 0.6 is 23.2 Å². The maximum atomic E-state index is 11.7. The Hall–Kier alpha value is -1.56. The van der Waals surface area contributed by atoms with Crippen molar-refractivity contribution in [1.29, 1.82) is 0 Å². The van der Waals surface area contributed by atoms with Crippen molar-refractivity contribution >= 4 is 35.1 Å². The van der Waals surface area contributed by atoms with Crippen molar-refractivity contribution in [2.75, 3.05) is 6.54 Å². The molecule has 1 aliphatic heterocycles. The topological polar surface area (TPSA) is 86.6 Å². The Morgan fingerprint density at radius 1 is 1.31 bits per heavy atom. The summed E-state index contributed by atoms with van der Waals surface area (Å²) >= 11 is 12.3. The first-order valence-corrected chi connectivity index (χ1v) is 9.40. The van der Waals surface area contributed by atoms with E-state index in [0.717, 1.165) is 30.9 Å². The molecule has 3 N–H and O–H groups in total. The minimum Gasteiger partial charge on any atom is -0.478 e. The first kappa shape index (κ1) is 19.2. The molecule has 3 rings (SSSR count). The minimum absolute atomic E-state index is 0.00797. The van der Waals surface area contributed by atoms with Gasteiger partial charge < -0.3 is 15.5 Å². The number of carboxylic acids is 2. The second-order valence-corrected chi connectivity index (χ2v) is 8.02. The van der Waals surface area contributed by atoms with E-state index in [1.807, 2.05) is 12.1 Å². The maximum absolute atomic E-state index is 11.7. The molecule has 2 aliphatic rings.